The van der Waals surface area contributed by atoms with E-state index in [0.717, 1.165) is 15.6 Å². The highest BCUT2D eigenvalue weighted by Crippen LogP contribution is 2.60. The Balaban J connectivity index is 1.86. The van der Waals surface area contributed by atoms with Crippen molar-refractivity contribution in [1.29, 1.82) is 0 Å². The fourth-order valence-electron chi connectivity index (χ4n) is 4.81. The molecule has 2 aromatic rings. The van der Waals surface area contributed by atoms with Crippen LogP contribution in [-0.4, -0.2) is 31.3 Å². The van der Waals surface area contributed by atoms with Gasteiger partial charge in [-0.3, -0.25) is 0 Å². The van der Waals surface area contributed by atoms with E-state index in [-0.39, 0.29) is 30.1 Å². The van der Waals surface area contributed by atoms with Crippen molar-refractivity contribution in [2.24, 2.45) is 5.92 Å². The topological polar surface area (TPSA) is 61.8 Å². The Morgan fingerprint density at radius 2 is 1.83 bits per heavy atom. The summed E-state index contributed by atoms with van der Waals surface area (Å²) in [6, 6.07) is 18.0. The maximum Gasteiger partial charge on any atom is 0.373 e. The Kier molecular flexibility index (Phi) is 5.69. The van der Waals surface area contributed by atoms with Crippen LogP contribution in [0.3, 0.4) is 0 Å². The molecule has 1 unspecified atom stereocenters. The maximum absolute atomic E-state index is 13.0. The molecule has 0 spiro atoms. The van der Waals surface area contributed by atoms with Gasteiger partial charge in [-0.25, -0.2) is 9.59 Å². The average molecular weight is 471 g/mol. The Hall–Kier alpha value is -2.60. The van der Waals surface area contributed by atoms with Gasteiger partial charge in [0.2, 0.25) is 11.4 Å². The lowest BCUT2D eigenvalue weighted by Crippen LogP contribution is -2.43. The minimum atomic E-state index is -1.27. The van der Waals surface area contributed by atoms with Gasteiger partial charge < -0.3 is 14.2 Å². The summed E-state index contributed by atoms with van der Waals surface area (Å²) in [7, 11) is 1.35. The lowest BCUT2D eigenvalue weighted by atomic mass is 9.78. The maximum atomic E-state index is 13.0. The van der Waals surface area contributed by atoms with E-state index in [2.05, 4.69) is 34.1 Å². The van der Waals surface area contributed by atoms with Gasteiger partial charge in [0, 0.05) is 22.7 Å². The van der Waals surface area contributed by atoms with Crippen LogP contribution in [-0.2, 0) is 23.8 Å². The van der Waals surface area contributed by atoms with Crippen LogP contribution in [0.15, 0.2) is 70.9 Å². The first-order valence-electron chi connectivity index (χ1n) is 9.97. The molecule has 1 heterocycles. The number of ether oxygens (including phenoxy) is 3. The third kappa shape index (κ3) is 3.33. The highest BCUT2D eigenvalue weighted by Gasteiger charge is 2.64. The zero-order chi connectivity index (χ0) is 21.3. The Bertz CT molecular complexity index is 986. The normalized spacial score (nSPS) is 27.0. The summed E-state index contributed by atoms with van der Waals surface area (Å²) < 4.78 is 17.4. The van der Waals surface area contributed by atoms with Crippen molar-refractivity contribution in [3.63, 3.8) is 0 Å². The van der Waals surface area contributed by atoms with Crippen LogP contribution in [0.1, 0.15) is 36.3 Å². The molecule has 0 bridgehead atoms. The summed E-state index contributed by atoms with van der Waals surface area (Å²) >= 11 is 3.67. The number of methoxy groups -OCH3 is 1. The number of rotatable bonds is 5. The summed E-state index contributed by atoms with van der Waals surface area (Å²) in [5.74, 6) is -1.39. The van der Waals surface area contributed by atoms with Crippen molar-refractivity contribution in [1.82, 2.24) is 0 Å². The first kappa shape index (κ1) is 20.7. The average Bonchev–Trinajstić information content (AvgIpc) is 3.28. The van der Waals surface area contributed by atoms with Crippen LogP contribution >= 0.6 is 15.9 Å². The first-order chi connectivity index (χ1) is 14.5. The number of hydrogen-bond acceptors (Lipinski definition) is 5. The van der Waals surface area contributed by atoms with Gasteiger partial charge in [-0.15, -0.1) is 0 Å². The molecule has 4 rings (SSSR count). The minimum absolute atomic E-state index is 0.00734. The number of fused-ring (bicyclic) bond motifs is 1. The molecule has 0 radical (unpaired) electrons. The van der Waals surface area contributed by atoms with Crippen molar-refractivity contribution in [2.75, 3.05) is 13.7 Å². The first-order valence-corrected chi connectivity index (χ1v) is 10.8. The molecular formula is C24H23BrO5. The van der Waals surface area contributed by atoms with E-state index in [1.807, 2.05) is 36.4 Å². The highest BCUT2D eigenvalue weighted by atomic mass is 79.9. The van der Waals surface area contributed by atoms with Crippen LogP contribution in [0.2, 0.25) is 0 Å². The Labute approximate surface area is 184 Å². The number of hydrogen-bond donors (Lipinski definition) is 0. The minimum Gasteiger partial charge on any atom is -0.468 e. The second kappa shape index (κ2) is 8.26. The summed E-state index contributed by atoms with van der Waals surface area (Å²) in [6.07, 6.45) is 2.15. The van der Waals surface area contributed by atoms with E-state index < -0.39 is 17.5 Å². The molecule has 1 fully saturated rings. The van der Waals surface area contributed by atoms with Crippen LogP contribution in [0, 0.1) is 5.92 Å². The number of benzene rings is 2. The van der Waals surface area contributed by atoms with E-state index in [9.17, 15) is 9.59 Å². The second-order valence-electron chi connectivity index (χ2n) is 7.53. The zero-order valence-electron chi connectivity index (χ0n) is 16.8. The predicted octanol–water partition coefficient (Wildman–Crippen LogP) is 4.73. The molecule has 2 aromatic carbocycles. The molecule has 4 atom stereocenters. The van der Waals surface area contributed by atoms with Gasteiger partial charge in [0.05, 0.1) is 13.7 Å². The van der Waals surface area contributed by atoms with Gasteiger partial charge in [0.15, 0.2) is 0 Å². The second-order valence-corrected chi connectivity index (χ2v) is 8.38. The van der Waals surface area contributed by atoms with Crippen LogP contribution in [0.4, 0.5) is 0 Å². The summed E-state index contributed by atoms with van der Waals surface area (Å²) in [5, 5.41) is 0. The number of halogens is 1. The third-order valence-corrected chi connectivity index (χ3v) is 6.72. The molecule has 1 aliphatic heterocycles. The van der Waals surface area contributed by atoms with Gasteiger partial charge >= 0.3 is 11.9 Å². The molecule has 6 heteroatoms. The standard InChI is InChI=1S/C24H23BrO5/c1-3-29-22(26)20-13-18-21(15-9-5-4-6-10-15)17(16-11-7-8-12-19(16)25)14-24(18,30-20)23(27)28-2/h4-13,17-18,21H,3,14H2,1-2H3/t17-,18?,21-,24-/m0/s1. The smallest absolute Gasteiger partial charge is 0.373 e. The quantitative estimate of drug-likeness (QED) is 0.591. The van der Waals surface area contributed by atoms with E-state index >= 15 is 0 Å². The zero-order valence-corrected chi connectivity index (χ0v) is 18.4. The van der Waals surface area contributed by atoms with Gasteiger partial charge in [0.1, 0.15) is 0 Å². The van der Waals surface area contributed by atoms with E-state index in [4.69, 9.17) is 14.2 Å². The number of carbonyl (C=O) groups excluding carboxylic acids is 2. The van der Waals surface area contributed by atoms with Gasteiger partial charge in [-0.1, -0.05) is 64.5 Å². The lowest BCUT2D eigenvalue weighted by molar-refractivity contribution is -0.167. The molecule has 156 valence electrons. The number of esters is 2. The van der Waals surface area contributed by atoms with Crippen molar-refractivity contribution in [3.8, 4) is 0 Å². The van der Waals surface area contributed by atoms with E-state index in [1.54, 1.807) is 13.0 Å². The van der Waals surface area contributed by atoms with Crippen molar-refractivity contribution in [3.05, 3.63) is 82.0 Å². The van der Waals surface area contributed by atoms with Gasteiger partial charge in [-0.2, -0.15) is 0 Å². The molecule has 30 heavy (non-hydrogen) atoms. The third-order valence-electron chi connectivity index (χ3n) is 6.00. The molecule has 0 N–H and O–H groups in total. The van der Waals surface area contributed by atoms with Crippen molar-refractivity contribution >= 4 is 27.9 Å². The largest absolute Gasteiger partial charge is 0.468 e. The molecule has 1 aliphatic carbocycles. The molecule has 0 amide bonds. The molecule has 5 nitrogen and oxygen atoms in total. The predicted molar refractivity (Wildman–Crippen MR) is 115 cm³/mol. The molecule has 1 saturated carbocycles. The fourth-order valence-corrected chi connectivity index (χ4v) is 5.39. The van der Waals surface area contributed by atoms with Crippen LogP contribution < -0.4 is 0 Å². The van der Waals surface area contributed by atoms with E-state index in [1.165, 1.54) is 7.11 Å². The molecular weight excluding hydrogens is 448 g/mol. The molecule has 0 saturated heterocycles. The lowest BCUT2D eigenvalue weighted by Gasteiger charge is -2.27. The van der Waals surface area contributed by atoms with Crippen molar-refractivity contribution in [2.45, 2.75) is 30.8 Å². The summed E-state index contributed by atoms with van der Waals surface area (Å²) in [6.45, 7) is 1.97. The van der Waals surface area contributed by atoms with Gasteiger partial charge in [0.25, 0.3) is 0 Å². The van der Waals surface area contributed by atoms with Gasteiger partial charge in [-0.05, 0) is 36.1 Å². The molecule has 2 aliphatic rings. The Morgan fingerprint density at radius 3 is 2.50 bits per heavy atom. The Morgan fingerprint density at radius 1 is 1.13 bits per heavy atom. The molecule has 0 aromatic heterocycles. The van der Waals surface area contributed by atoms with E-state index in [0.29, 0.717) is 6.42 Å². The summed E-state index contributed by atoms with van der Waals surface area (Å²) in [4.78, 5) is 25.4. The fraction of sp³-hybridized carbons (Fsp3) is 0.333. The summed E-state index contributed by atoms with van der Waals surface area (Å²) in [5.41, 5.74) is 0.912. The van der Waals surface area contributed by atoms with Crippen molar-refractivity contribution < 1.29 is 23.8 Å². The van der Waals surface area contributed by atoms with Crippen LogP contribution in [0.25, 0.3) is 0 Å². The monoisotopic (exact) mass is 470 g/mol. The van der Waals surface area contributed by atoms with Crippen LogP contribution in [0.5, 0.6) is 0 Å². The SMILES string of the molecule is CCOC(=O)C1=CC2[C@@H](c3ccccc3)[C@H](c3ccccc3Br)C[C@]2(C(=O)OC)O1. The number of carbonyl (C=O) groups is 2. The highest BCUT2D eigenvalue weighted by molar-refractivity contribution is 9.10.